The average molecular weight is 483 g/mol. The number of hydrogen-bond donors (Lipinski definition) is 2. The molecular weight excluding hydrogens is 463 g/mol. The van der Waals surface area contributed by atoms with Crippen molar-refractivity contribution in [3.8, 4) is 0 Å². The number of halogens is 2. The van der Waals surface area contributed by atoms with E-state index in [1.807, 2.05) is 42.0 Å². The lowest BCUT2D eigenvalue weighted by Crippen LogP contribution is -2.12. The van der Waals surface area contributed by atoms with E-state index in [4.69, 9.17) is 11.6 Å². The van der Waals surface area contributed by atoms with Crippen molar-refractivity contribution in [1.29, 1.82) is 0 Å². The molecule has 2 amide bonds. The minimum atomic E-state index is -0.521. The summed E-state index contributed by atoms with van der Waals surface area (Å²) in [5, 5.41) is 6.12. The molecule has 0 atom stereocenters. The molecule has 2 aromatic heterocycles. The summed E-state index contributed by atoms with van der Waals surface area (Å²) in [6, 6.07) is 12.9. The number of thiophene rings is 1. The first kappa shape index (κ1) is 22.7. The number of aryl methyl sites for hydroxylation is 2. The second-order valence-corrected chi connectivity index (χ2v) is 8.91. The molecule has 0 aliphatic rings. The van der Waals surface area contributed by atoms with Crippen LogP contribution in [0.2, 0.25) is 5.02 Å². The van der Waals surface area contributed by atoms with Crippen LogP contribution in [0, 0.1) is 19.7 Å². The van der Waals surface area contributed by atoms with Crippen LogP contribution in [0.3, 0.4) is 0 Å². The predicted molar refractivity (Wildman–Crippen MR) is 129 cm³/mol. The number of nitrogens with zero attached hydrogens (tertiary/aromatic N) is 2. The number of imidazole rings is 1. The van der Waals surface area contributed by atoms with Gasteiger partial charge < -0.3 is 15.2 Å². The summed E-state index contributed by atoms with van der Waals surface area (Å²) in [6.45, 7) is 4.44. The first-order valence-corrected chi connectivity index (χ1v) is 11.2. The van der Waals surface area contributed by atoms with E-state index in [-0.39, 0.29) is 16.5 Å². The van der Waals surface area contributed by atoms with E-state index in [0.717, 1.165) is 34.4 Å². The van der Waals surface area contributed by atoms with E-state index in [1.165, 1.54) is 12.1 Å². The maximum atomic E-state index is 13.2. The van der Waals surface area contributed by atoms with Gasteiger partial charge in [-0.2, -0.15) is 0 Å². The largest absolute Gasteiger partial charge is 0.331 e. The molecule has 2 N–H and O–H groups in total. The number of amides is 2. The minimum absolute atomic E-state index is 0.0189. The maximum absolute atomic E-state index is 13.2. The van der Waals surface area contributed by atoms with Crippen LogP contribution in [0.15, 0.2) is 60.9 Å². The number of hydrogen-bond acceptors (Lipinski definition) is 4. The lowest BCUT2D eigenvalue weighted by atomic mass is 10.2. The van der Waals surface area contributed by atoms with Gasteiger partial charge in [0.25, 0.3) is 11.8 Å². The summed E-state index contributed by atoms with van der Waals surface area (Å²) in [7, 11) is 0. The number of carbonyl (C=O) groups is 2. The fourth-order valence-electron chi connectivity index (χ4n) is 3.27. The molecule has 0 saturated heterocycles. The standard InChI is InChI=1S/C24H20ClFN4O2S/c1-14-11-21(29-23(31)19-8-5-17(26)12-20(19)25)33-22(14)24(32)28-18-6-3-16(4-7-18)13-30-10-9-27-15(30)2/h3-12H,13H2,1-2H3,(H,28,32)(H,29,31). The van der Waals surface area contributed by atoms with Crippen molar-refractivity contribution >= 4 is 45.4 Å². The molecule has 9 heteroatoms. The van der Waals surface area contributed by atoms with Crippen LogP contribution in [0.5, 0.6) is 0 Å². The Morgan fingerprint density at radius 1 is 1.06 bits per heavy atom. The van der Waals surface area contributed by atoms with E-state index in [1.54, 1.807) is 19.2 Å². The van der Waals surface area contributed by atoms with E-state index in [2.05, 4.69) is 15.6 Å². The Bertz CT molecular complexity index is 1330. The maximum Gasteiger partial charge on any atom is 0.266 e. The van der Waals surface area contributed by atoms with E-state index < -0.39 is 11.7 Å². The molecule has 168 valence electrons. The van der Waals surface area contributed by atoms with Gasteiger partial charge in [-0.15, -0.1) is 11.3 Å². The van der Waals surface area contributed by atoms with Crippen LogP contribution in [-0.4, -0.2) is 21.4 Å². The van der Waals surface area contributed by atoms with Crippen molar-refractivity contribution in [1.82, 2.24) is 9.55 Å². The Balaban J connectivity index is 1.41. The number of rotatable bonds is 6. The SMILES string of the molecule is Cc1cc(NC(=O)c2ccc(F)cc2Cl)sc1C(=O)Nc1ccc(Cn2ccnc2C)cc1. The molecule has 2 heterocycles. The molecule has 0 spiro atoms. The van der Waals surface area contributed by atoms with Crippen LogP contribution in [0.4, 0.5) is 15.1 Å². The topological polar surface area (TPSA) is 76.0 Å². The summed E-state index contributed by atoms with van der Waals surface area (Å²) in [6.07, 6.45) is 3.68. The van der Waals surface area contributed by atoms with Crippen LogP contribution in [0.25, 0.3) is 0 Å². The molecule has 0 saturated carbocycles. The smallest absolute Gasteiger partial charge is 0.266 e. The Kier molecular flexibility index (Phi) is 6.57. The predicted octanol–water partition coefficient (Wildman–Crippen LogP) is 5.91. The zero-order chi connectivity index (χ0) is 23.5. The number of anilines is 2. The van der Waals surface area contributed by atoms with Gasteiger partial charge >= 0.3 is 0 Å². The summed E-state index contributed by atoms with van der Waals surface area (Å²) >= 11 is 7.12. The van der Waals surface area contributed by atoms with Gasteiger partial charge in [0.05, 0.1) is 20.5 Å². The van der Waals surface area contributed by atoms with Crippen LogP contribution in [0.1, 0.15) is 37.0 Å². The highest BCUT2D eigenvalue weighted by molar-refractivity contribution is 7.18. The van der Waals surface area contributed by atoms with Gasteiger partial charge in [0.2, 0.25) is 0 Å². The summed E-state index contributed by atoms with van der Waals surface area (Å²) in [4.78, 5) is 30.0. The van der Waals surface area contributed by atoms with Crippen molar-refractivity contribution in [2.75, 3.05) is 10.6 Å². The number of aromatic nitrogens is 2. The van der Waals surface area contributed by atoms with Crippen molar-refractivity contribution < 1.29 is 14.0 Å². The zero-order valence-electron chi connectivity index (χ0n) is 17.9. The lowest BCUT2D eigenvalue weighted by Gasteiger charge is -2.08. The quantitative estimate of drug-likeness (QED) is 0.359. The second kappa shape index (κ2) is 9.56. The third-order valence-corrected chi connectivity index (χ3v) is 6.49. The molecule has 0 fully saturated rings. The zero-order valence-corrected chi connectivity index (χ0v) is 19.4. The molecule has 4 rings (SSSR count). The van der Waals surface area contributed by atoms with E-state index in [0.29, 0.717) is 22.1 Å². The highest BCUT2D eigenvalue weighted by Crippen LogP contribution is 2.29. The fraction of sp³-hybridized carbons (Fsp3) is 0.125. The Morgan fingerprint density at radius 3 is 2.48 bits per heavy atom. The average Bonchev–Trinajstić information content (AvgIpc) is 3.34. The van der Waals surface area contributed by atoms with Crippen molar-refractivity contribution in [3.63, 3.8) is 0 Å². The van der Waals surface area contributed by atoms with Crippen LogP contribution >= 0.6 is 22.9 Å². The van der Waals surface area contributed by atoms with Crippen molar-refractivity contribution in [2.45, 2.75) is 20.4 Å². The number of nitrogens with one attached hydrogen (secondary N) is 2. The van der Waals surface area contributed by atoms with E-state index in [9.17, 15) is 14.0 Å². The van der Waals surface area contributed by atoms with Crippen LogP contribution in [-0.2, 0) is 6.54 Å². The van der Waals surface area contributed by atoms with Crippen molar-refractivity contribution in [3.05, 3.63) is 99.2 Å². The molecule has 2 aromatic carbocycles. The lowest BCUT2D eigenvalue weighted by molar-refractivity contribution is 0.102. The molecule has 6 nitrogen and oxygen atoms in total. The first-order chi connectivity index (χ1) is 15.8. The van der Waals surface area contributed by atoms with Gasteiger partial charge in [-0.1, -0.05) is 23.7 Å². The highest BCUT2D eigenvalue weighted by atomic mass is 35.5. The highest BCUT2D eigenvalue weighted by Gasteiger charge is 2.17. The molecule has 4 aromatic rings. The normalized spacial score (nSPS) is 10.8. The Hall–Kier alpha value is -3.49. The summed E-state index contributed by atoms with van der Waals surface area (Å²) in [5.41, 5.74) is 2.64. The second-order valence-electron chi connectivity index (χ2n) is 7.45. The Morgan fingerprint density at radius 2 is 1.82 bits per heavy atom. The fourth-order valence-corrected chi connectivity index (χ4v) is 4.49. The molecule has 0 aliphatic heterocycles. The monoisotopic (exact) mass is 482 g/mol. The molecule has 0 bridgehead atoms. The number of benzene rings is 2. The number of carbonyl (C=O) groups excluding carboxylic acids is 2. The van der Waals surface area contributed by atoms with Gasteiger partial charge in [-0.25, -0.2) is 9.37 Å². The molecule has 33 heavy (non-hydrogen) atoms. The van der Waals surface area contributed by atoms with Gasteiger partial charge in [-0.3, -0.25) is 9.59 Å². The Labute approximate surface area is 199 Å². The summed E-state index contributed by atoms with van der Waals surface area (Å²) < 4.78 is 15.3. The third-order valence-electron chi connectivity index (χ3n) is 5.02. The molecule has 0 radical (unpaired) electrons. The molecular formula is C24H20ClFN4O2S. The summed E-state index contributed by atoms with van der Waals surface area (Å²) in [5.74, 6) is -0.328. The van der Waals surface area contributed by atoms with Crippen molar-refractivity contribution in [2.24, 2.45) is 0 Å². The van der Waals surface area contributed by atoms with Gasteiger partial charge in [0.15, 0.2) is 0 Å². The van der Waals surface area contributed by atoms with Crippen LogP contribution < -0.4 is 10.6 Å². The van der Waals surface area contributed by atoms with Gasteiger partial charge in [0.1, 0.15) is 11.6 Å². The van der Waals surface area contributed by atoms with Gasteiger partial charge in [0, 0.05) is 24.6 Å². The van der Waals surface area contributed by atoms with E-state index >= 15 is 0 Å². The third kappa shape index (κ3) is 5.30. The first-order valence-electron chi connectivity index (χ1n) is 10.0. The van der Waals surface area contributed by atoms with Gasteiger partial charge in [-0.05, 0) is 61.4 Å². The molecule has 0 aliphatic carbocycles. The molecule has 0 unspecified atom stereocenters. The minimum Gasteiger partial charge on any atom is -0.331 e.